The van der Waals surface area contributed by atoms with Crippen LogP contribution in [0.1, 0.15) is 65.2 Å². The highest BCUT2D eigenvalue weighted by Gasteiger charge is 2.58. The van der Waals surface area contributed by atoms with Gasteiger partial charge in [0.15, 0.2) is 0 Å². The summed E-state index contributed by atoms with van der Waals surface area (Å²) < 4.78 is 0. The summed E-state index contributed by atoms with van der Waals surface area (Å²) in [4.78, 5) is 12.2. The van der Waals surface area contributed by atoms with Crippen molar-refractivity contribution in [2.45, 2.75) is 65.2 Å². The highest BCUT2D eigenvalue weighted by Crippen LogP contribution is 2.63. The van der Waals surface area contributed by atoms with Crippen molar-refractivity contribution in [2.24, 2.45) is 34.5 Å². The second kappa shape index (κ2) is 4.12. The standard InChI is InChI=1S/C19H26O/c1-18-11-4-3-5-13(18)6-7-14-15-8-9-17(20)19(15,2)12-10-16(14)18/h13-16H,3-7,10-12H2,1-2H3/t13?,14-,15-,16-,18-,19-/m0/s1. The number of hydrogen-bond donors (Lipinski definition) is 0. The van der Waals surface area contributed by atoms with E-state index in [9.17, 15) is 4.79 Å². The van der Waals surface area contributed by atoms with E-state index in [1.807, 2.05) is 0 Å². The minimum Gasteiger partial charge on any atom is -0.284 e. The van der Waals surface area contributed by atoms with Crippen molar-refractivity contribution in [1.29, 1.82) is 0 Å². The van der Waals surface area contributed by atoms with Gasteiger partial charge in [0.1, 0.15) is 0 Å². The summed E-state index contributed by atoms with van der Waals surface area (Å²) >= 11 is 0. The van der Waals surface area contributed by atoms with Gasteiger partial charge in [0, 0.05) is 5.92 Å². The summed E-state index contributed by atoms with van der Waals surface area (Å²) in [5.41, 5.74) is 0.398. The van der Waals surface area contributed by atoms with Crippen molar-refractivity contribution in [3.8, 4) is 11.8 Å². The van der Waals surface area contributed by atoms with Gasteiger partial charge in [0.2, 0.25) is 5.78 Å². The van der Waals surface area contributed by atoms with Crippen LogP contribution < -0.4 is 0 Å². The Labute approximate surface area is 122 Å². The molecule has 0 heterocycles. The lowest BCUT2D eigenvalue weighted by atomic mass is 9.45. The van der Waals surface area contributed by atoms with Crippen LogP contribution in [0.3, 0.4) is 0 Å². The SMILES string of the molecule is C[C@]12CCCCC1CC[C@@H]1[C@@H]2CC[C@]2(C)C(=O)C#C[C@@H]12. The first-order chi connectivity index (χ1) is 9.56. The van der Waals surface area contributed by atoms with Crippen molar-refractivity contribution in [2.75, 3.05) is 0 Å². The molecular weight excluding hydrogens is 244 g/mol. The van der Waals surface area contributed by atoms with Gasteiger partial charge < -0.3 is 0 Å². The molecular formula is C19H26O. The molecule has 3 fully saturated rings. The summed E-state index contributed by atoms with van der Waals surface area (Å²) in [6, 6.07) is 0. The number of rotatable bonds is 0. The molecule has 4 aliphatic carbocycles. The zero-order valence-electron chi connectivity index (χ0n) is 12.9. The van der Waals surface area contributed by atoms with Gasteiger partial charge in [0.25, 0.3) is 0 Å². The summed E-state index contributed by atoms with van der Waals surface area (Å²) in [6.45, 7) is 4.75. The molecule has 1 nitrogen and oxygen atoms in total. The Morgan fingerprint density at radius 2 is 1.90 bits per heavy atom. The highest BCUT2D eigenvalue weighted by atomic mass is 16.1. The fourth-order valence-electron chi connectivity index (χ4n) is 6.31. The molecule has 0 spiro atoms. The Kier molecular flexibility index (Phi) is 2.67. The molecule has 20 heavy (non-hydrogen) atoms. The molecule has 0 saturated heterocycles. The van der Waals surface area contributed by atoms with Crippen molar-refractivity contribution < 1.29 is 4.79 Å². The lowest BCUT2D eigenvalue weighted by molar-refractivity contribution is -0.135. The minimum atomic E-state index is -0.154. The molecule has 0 radical (unpaired) electrons. The molecule has 0 N–H and O–H groups in total. The topological polar surface area (TPSA) is 17.1 Å². The maximum Gasteiger partial charge on any atom is 0.212 e. The van der Waals surface area contributed by atoms with Crippen LogP contribution in [0.5, 0.6) is 0 Å². The molecule has 6 atom stereocenters. The van der Waals surface area contributed by atoms with Crippen LogP contribution in [0, 0.1) is 46.3 Å². The van der Waals surface area contributed by atoms with Gasteiger partial charge in [-0.1, -0.05) is 32.6 Å². The third kappa shape index (κ3) is 1.49. The Morgan fingerprint density at radius 1 is 1.05 bits per heavy atom. The van der Waals surface area contributed by atoms with Gasteiger partial charge in [-0.05, 0) is 67.6 Å². The second-order valence-electron chi connectivity index (χ2n) is 8.33. The largest absolute Gasteiger partial charge is 0.284 e. The zero-order valence-corrected chi connectivity index (χ0v) is 12.9. The van der Waals surface area contributed by atoms with E-state index in [4.69, 9.17) is 0 Å². The third-order valence-corrected chi connectivity index (χ3v) is 7.61. The number of ketones is 1. The van der Waals surface area contributed by atoms with Crippen LogP contribution in [0.2, 0.25) is 0 Å². The van der Waals surface area contributed by atoms with Crippen LogP contribution in [-0.4, -0.2) is 5.78 Å². The van der Waals surface area contributed by atoms with Crippen LogP contribution in [0.25, 0.3) is 0 Å². The van der Waals surface area contributed by atoms with Crippen LogP contribution in [-0.2, 0) is 4.79 Å². The molecule has 1 unspecified atom stereocenters. The van der Waals surface area contributed by atoms with Crippen molar-refractivity contribution in [3.63, 3.8) is 0 Å². The van der Waals surface area contributed by atoms with Gasteiger partial charge in [-0.3, -0.25) is 4.79 Å². The van der Waals surface area contributed by atoms with Gasteiger partial charge in [-0.25, -0.2) is 0 Å². The van der Waals surface area contributed by atoms with E-state index in [2.05, 4.69) is 25.7 Å². The predicted octanol–water partition coefficient (Wildman–Crippen LogP) is 4.21. The average molecular weight is 270 g/mol. The number of fused-ring (bicyclic) bond motifs is 5. The minimum absolute atomic E-state index is 0.154. The normalized spacial score (nSPS) is 53.4. The molecule has 0 bridgehead atoms. The number of hydrogen-bond acceptors (Lipinski definition) is 1. The Hall–Kier alpha value is -0.770. The number of carbonyl (C=O) groups is 1. The first-order valence-corrected chi connectivity index (χ1v) is 8.62. The Bertz CT molecular complexity index is 510. The summed E-state index contributed by atoms with van der Waals surface area (Å²) in [5, 5.41) is 0. The third-order valence-electron chi connectivity index (χ3n) is 7.61. The van der Waals surface area contributed by atoms with Crippen LogP contribution in [0.4, 0.5) is 0 Å². The van der Waals surface area contributed by atoms with E-state index >= 15 is 0 Å². The first-order valence-electron chi connectivity index (χ1n) is 8.62. The quantitative estimate of drug-likeness (QED) is 0.476. The van der Waals surface area contributed by atoms with Crippen LogP contribution >= 0.6 is 0 Å². The molecule has 0 amide bonds. The molecule has 1 heteroatoms. The molecule has 108 valence electrons. The molecule has 0 aromatic carbocycles. The lowest BCUT2D eigenvalue weighted by Gasteiger charge is -2.58. The fraction of sp³-hybridized carbons (Fsp3) is 0.842. The van der Waals surface area contributed by atoms with Gasteiger partial charge in [-0.15, -0.1) is 0 Å². The Morgan fingerprint density at radius 3 is 2.75 bits per heavy atom. The highest BCUT2D eigenvalue weighted by molar-refractivity contribution is 6.03. The predicted molar refractivity (Wildman–Crippen MR) is 79.9 cm³/mol. The van der Waals surface area contributed by atoms with Crippen molar-refractivity contribution in [3.05, 3.63) is 0 Å². The lowest BCUT2D eigenvalue weighted by Crippen LogP contribution is -2.53. The molecule has 0 aromatic heterocycles. The number of carbonyl (C=O) groups excluding carboxylic acids is 1. The summed E-state index contributed by atoms with van der Waals surface area (Å²) in [5.74, 6) is 9.38. The number of Topliss-reactive ketones (excluding diaryl/α,β-unsaturated/α-hetero) is 1. The maximum atomic E-state index is 12.2. The van der Waals surface area contributed by atoms with E-state index in [1.165, 1.54) is 44.9 Å². The van der Waals surface area contributed by atoms with E-state index in [0.29, 0.717) is 17.3 Å². The second-order valence-corrected chi connectivity index (χ2v) is 8.33. The smallest absolute Gasteiger partial charge is 0.212 e. The molecule has 0 aliphatic heterocycles. The van der Waals surface area contributed by atoms with E-state index in [-0.39, 0.29) is 11.2 Å². The van der Waals surface area contributed by atoms with Crippen LogP contribution in [0.15, 0.2) is 0 Å². The molecule has 0 aromatic rings. The fourth-order valence-corrected chi connectivity index (χ4v) is 6.31. The molecule has 4 aliphatic rings. The Balaban J connectivity index is 1.68. The van der Waals surface area contributed by atoms with E-state index < -0.39 is 0 Å². The van der Waals surface area contributed by atoms with Gasteiger partial charge >= 0.3 is 0 Å². The van der Waals surface area contributed by atoms with Crippen molar-refractivity contribution in [1.82, 2.24) is 0 Å². The van der Waals surface area contributed by atoms with Gasteiger partial charge in [-0.2, -0.15) is 0 Å². The maximum absolute atomic E-state index is 12.2. The van der Waals surface area contributed by atoms with Gasteiger partial charge in [0.05, 0.1) is 5.41 Å². The monoisotopic (exact) mass is 270 g/mol. The zero-order chi connectivity index (χ0) is 14.0. The summed E-state index contributed by atoms with van der Waals surface area (Å²) in [7, 11) is 0. The molecule has 3 saturated carbocycles. The first kappa shape index (κ1) is 12.9. The molecule has 4 rings (SSSR count). The van der Waals surface area contributed by atoms with E-state index in [0.717, 1.165) is 18.3 Å². The van der Waals surface area contributed by atoms with E-state index in [1.54, 1.807) is 0 Å². The van der Waals surface area contributed by atoms with Crippen molar-refractivity contribution >= 4 is 5.78 Å². The average Bonchev–Trinajstić information content (AvgIpc) is 2.74. The summed E-state index contributed by atoms with van der Waals surface area (Å²) in [6.07, 6.45) is 10.8.